The van der Waals surface area contributed by atoms with Crippen molar-refractivity contribution in [1.82, 2.24) is 0 Å². The van der Waals surface area contributed by atoms with Crippen LogP contribution in [0.5, 0.6) is 5.75 Å². The predicted octanol–water partition coefficient (Wildman–Crippen LogP) is 3.30. The number of hydrogen-bond donors (Lipinski definition) is 1. The molecule has 0 fully saturated rings. The number of nitrogens with two attached hydrogens (primary N) is 1. The molecule has 0 aliphatic rings. The summed E-state index contributed by atoms with van der Waals surface area (Å²) in [5.74, 6) is 1.20. The molecule has 0 saturated heterocycles. The summed E-state index contributed by atoms with van der Waals surface area (Å²) >= 11 is 0. The molecule has 0 spiro atoms. The van der Waals surface area contributed by atoms with E-state index in [4.69, 9.17) is 15.3 Å². The lowest BCUT2D eigenvalue weighted by Gasteiger charge is -2.13. The summed E-state index contributed by atoms with van der Waals surface area (Å²) in [7, 11) is 1.49. The van der Waals surface area contributed by atoms with Gasteiger partial charge in [0.05, 0.1) is 0 Å². The van der Waals surface area contributed by atoms with Gasteiger partial charge in [-0.1, -0.05) is 47.6 Å². The Bertz CT molecular complexity index is 739. The van der Waals surface area contributed by atoms with Crippen molar-refractivity contribution in [2.45, 2.75) is 20.5 Å². The van der Waals surface area contributed by atoms with Gasteiger partial charge in [0.2, 0.25) is 0 Å². The predicted molar refractivity (Wildman–Crippen MR) is 97.7 cm³/mol. The van der Waals surface area contributed by atoms with Crippen molar-refractivity contribution in [2.75, 3.05) is 13.7 Å². The van der Waals surface area contributed by atoms with Gasteiger partial charge < -0.3 is 15.3 Å². The SMILES string of the molecule is CCN=C(N)C(=NOC)c1ccccc1COc1ccccc1C. The molecule has 126 valence electrons. The highest BCUT2D eigenvalue weighted by atomic mass is 16.6. The number of para-hydroxylation sites is 1. The minimum absolute atomic E-state index is 0.350. The smallest absolute Gasteiger partial charge is 0.152 e. The minimum atomic E-state index is 0.350. The molecule has 0 radical (unpaired) electrons. The Kier molecular flexibility index (Phi) is 6.37. The van der Waals surface area contributed by atoms with E-state index in [1.807, 2.05) is 62.4 Å². The molecule has 2 rings (SSSR count). The van der Waals surface area contributed by atoms with E-state index in [1.165, 1.54) is 7.11 Å². The van der Waals surface area contributed by atoms with Crippen molar-refractivity contribution in [3.8, 4) is 5.75 Å². The maximum absolute atomic E-state index is 6.05. The lowest BCUT2D eigenvalue weighted by atomic mass is 10.0. The molecular weight excluding hydrogens is 302 g/mol. The van der Waals surface area contributed by atoms with Crippen LogP contribution in [0.3, 0.4) is 0 Å². The van der Waals surface area contributed by atoms with Gasteiger partial charge in [-0.25, -0.2) is 0 Å². The molecule has 2 N–H and O–H groups in total. The summed E-state index contributed by atoms with van der Waals surface area (Å²) in [4.78, 5) is 9.19. The number of hydrogen-bond acceptors (Lipinski definition) is 4. The molecular formula is C19H23N3O2. The first-order valence-electron chi connectivity index (χ1n) is 7.85. The fourth-order valence-electron chi connectivity index (χ4n) is 2.32. The first-order valence-corrected chi connectivity index (χ1v) is 7.85. The third kappa shape index (κ3) is 4.35. The first kappa shape index (κ1) is 17.5. The summed E-state index contributed by atoms with van der Waals surface area (Å²) in [6.45, 7) is 4.93. The number of amidine groups is 1. The van der Waals surface area contributed by atoms with Gasteiger partial charge in [-0.15, -0.1) is 0 Å². The normalized spacial score (nSPS) is 12.1. The second-order valence-electron chi connectivity index (χ2n) is 5.19. The lowest BCUT2D eigenvalue weighted by molar-refractivity contribution is 0.214. The van der Waals surface area contributed by atoms with Crippen LogP contribution in [0.4, 0.5) is 0 Å². The Morgan fingerprint density at radius 1 is 1.08 bits per heavy atom. The van der Waals surface area contributed by atoms with Crippen molar-refractivity contribution >= 4 is 11.5 Å². The van der Waals surface area contributed by atoms with Gasteiger partial charge in [-0.05, 0) is 31.0 Å². The summed E-state index contributed by atoms with van der Waals surface area (Å²) in [5.41, 5.74) is 9.47. The summed E-state index contributed by atoms with van der Waals surface area (Å²) in [6.07, 6.45) is 0. The molecule has 0 amide bonds. The number of aryl methyl sites for hydroxylation is 1. The van der Waals surface area contributed by atoms with Crippen molar-refractivity contribution in [3.05, 3.63) is 65.2 Å². The monoisotopic (exact) mass is 325 g/mol. The summed E-state index contributed by atoms with van der Waals surface area (Å²) < 4.78 is 5.96. The highest BCUT2D eigenvalue weighted by Gasteiger charge is 2.14. The average Bonchev–Trinajstić information content (AvgIpc) is 2.59. The molecule has 5 heteroatoms. The molecule has 2 aromatic rings. The average molecular weight is 325 g/mol. The van der Waals surface area contributed by atoms with Crippen LogP contribution in [0.1, 0.15) is 23.6 Å². The standard InChI is InChI=1S/C19H23N3O2/c1-4-21-19(20)18(22-23-3)16-11-7-6-10-15(16)13-24-17-12-8-5-9-14(17)2/h5-12H,4,13H2,1-3H3,(H2,20,21). The van der Waals surface area contributed by atoms with Crippen LogP contribution in [0.25, 0.3) is 0 Å². The largest absolute Gasteiger partial charge is 0.489 e. The zero-order chi connectivity index (χ0) is 17.4. The maximum Gasteiger partial charge on any atom is 0.152 e. The Morgan fingerprint density at radius 2 is 1.79 bits per heavy atom. The highest BCUT2D eigenvalue weighted by Crippen LogP contribution is 2.19. The van der Waals surface area contributed by atoms with Crippen molar-refractivity contribution in [3.63, 3.8) is 0 Å². The Balaban J connectivity index is 2.31. The molecule has 0 bridgehead atoms. The minimum Gasteiger partial charge on any atom is -0.489 e. The highest BCUT2D eigenvalue weighted by molar-refractivity contribution is 6.47. The lowest BCUT2D eigenvalue weighted by Crippen LogP contribution is -2.27. The number of rotatable bonds is 7. The van der Waals surface area contributed by atoms with Crippen LogP contribution in [-0.2, 0) is 11.4 Å². The summed E-state index contributed by atoms with van der Waals surface area (Å²) in [5, 5.41) is 4.05. The maximum atomic E-state index is 6.05. The Morgan fingerprint density at radius 3 is 2.50 bits per heavy atom. The van der Waals surface area contributed by atoms with Crippen LogP contribution < -0.4 is 10.5 Å². The number of nitrogens with zero attached hydrogens (tertiary/aromatic N) is 2. The number of oxime groups is 1. The molecule has 24 heavy (non-hydrogen) atoms. The fraction of sp³-hybridized carbons (Fsp3) is 0.263. The third-order valence-electron chi connectivity index (χ3n) is 3.50. The van der Waals surface area contributed by atoms with Crippen LogP contribution >= 0.6 is 0 Å². The van der Waals surface area contributed by atoms with Gasteiger partial charge in [0.1, 0.15) is 25.3 Å². The molecule has 0 atom stereocenters. The Hall–Kier alpha value is -2.82. The van der Waals surface area contributed by atoms with Crippen LogP contribution in [-0.4, -0.2) is 25.2 Å². The van der Waals surface area contributed by atoms with E-state index in [2.05, 4.69) is 10.1 Å². The molecule has 0 aliphatic heterocycles. The Labute approximate surface area is 142 Å². The van der Waals surface area contributed by atoms with E-state index in [9.17, 15) is 0 Å². The summed E-state index contributed by atoms with van der Waals surface area (Å²) in [6, 6.07) is 15.7. The van der Waals surface area contributed by atoms with Crippen LogP contribution in [0.2, 0.25) is 0 Å². The topological polar surface area (TPSA) is 69.2 Å². The van der Waals surface area contributed by atoms with Gasteiger partial charge in [0.15, 0.2) is 5.71 Å². The fourth-order valence-corrected chi connectivity index (χ4v) is 2.32. The molecule has 0 aliphatic carbocycles. The van der Waals surface area contributed by atoms with Crippen molar-refractivity contribution in [2.24, 2.45) is 15.9 Å². The molecule has 0 unspecified atom stereocenters. The van der Waals surface area contributed by atoms with E-state index >= 15 is 0 Å². The van der Waals surface area contributed by atoms with E-state index < -0.39 is 0 Å². The third-order valence-corrected chi connectivity index (χ3v) is 3.50. The van der Waals surface area contributed by atoms with Crippen LogP contribution in [0, 0.1) is 6.92 Å². The molecule has 5 nitrogen and oxygen atoms in total. The van der Waals surface area contributed by atoms with Crippen molar-refractivity contribution < 1.29 is 9.57 Å². The second-order valence-corrected chi connectivity index (χ2v) is 5.19. The number of aliphatic imine (C=N–C) groups is 1. The zero-order valence-electron chi connectivity index (χ0n) is 14.3. The number of benzene rings is 2. The van der Waals surface area contributed by atoms with Gasteiger partial charge in [-0.2, -0.15) is 0 Å². The van der Waals surface area contributed by atoms with E-state index in [0.717, 1.165) is 22.4 Å². The first-order chi connectivity index (χ1) is 11.7. The van der Waals surface area contributed by atoms with Crippen LogP contribution in [0.15, 0.2) is 58.7 Å². The zero-order valence-corrected chi connectivity index (χ0v) is 14.3. The van der Waals surface area contributed by atoms with Gasteiger partial charge in [0, 0.05) is 12.1 Å². The molecule has 0 heterocycles. The van der Waals surface area contributed by atoms with Gasteiger partial charge >= 0.3 is 0 Å². The second kappa shape index (κ2) is 8.72. The van der Waals surface area contributed by atoms with E-state index in [1.54, 1.807) is 0 Å². The number of ether oxygens (including phenoxy) is 1. The van der Waals surface area contributed by atoms with Gasteiger partial charge in [-0.3, -0.25) is 4.99 Å². The van der Waals surface area contributed by atoms with E-state index in [-0.39, 0.29) is 0 Å². The quantitative estimate of drug-likeness (QED) is 0.482. The molecule has 0 aromatic heterocycles. The molecule has 0 saturated carbocycles. The van der Waals surface area contributed by atoms with E-state index in [0.29, 0.717) is 24.7 Å². The van der Waals surface area contributed by atoms with Gasteiger partial charge in [0.25, 0.3) is 0 Å². The molecule has 2 aromatic carbocycles. The van der Waals surface area contributed by atoms with Crippen molar-refractivity contribution in [1.29, 1.82) is 0 Å².